The van der Waals surface area contributed by atoms with Gasteiger partial charge in [-0.3, -0.25) is 4.79 Å². The van der Waals surface area contributed by atoms with Crippen LogP contribution in [0.5, 0.6) is 0 Å². The van der Waals surface area contributed by atoms with E-state index in [1.165, 1.54) is 44.9 Å². The fraction of sp³-hybridized carbons (Fsp3) is 0.625. The van der Waals surface area contributed by atoms with Crippen molar-refractivity contribution < 1.29 is 9.53 Å². The summed E-state index contributed by atoms with van der Waals surface area (Å²) in [6.07, 6.45) is 12.4. The molecule has 2 unspecified atom stereocenters. The average Bonchev–Trinajstić information content (AvgIpc) is 3.25. The van der Waals surface area contributed by atoms with E-state index >= 15 is 0 Å². The van der Waals surface area contributed by atoms with Crippen molar-refractivity contribution in [3.8, 4) is 0 Å². The van der Waals surface area contributed by atoms with E-state index in [1.807, 2.05) is 12.1 Å². The summed E-state index contributed by atoms with van der Waals surface area (Å²) >= 11 is 0. The molecule has 0 radical (unpaired) electrons. The van der Waals surface area contributed by atoms with Crippen LogP contribution >= 0.6 is 0 Å². The van der Waals surface area contributed by atoms with Crippen LogP contribution in [-0.4, -0.2) is 36.1 Å². The monoisotopic (exact) mass is 367 g/mol. The Balaban J connectivity index is 1.37. The van der Waals surface area contributed by atoms with Gasteiger partial charge in [-0.2, -0.15) is 0 Å². The van der Waals surface area contributed by atoms with Crippen LogP contribution in [0.4, 0.5) is 0 Å². The molecule has 3 fully saturated rings. The normalized spacial score (nSPS) is 28.0. The van der Waals surface area contributed by atoms with Crippen LogP contribution in [0.25, 0.3) is 5.57 Å². The Morgan fingerprint density at radius 1 is 1.00 bits per heavy atom. The van der Waals surface area contributed by atoms with Crippen molar-refractivity contribution in [2.75, 3.05) is 13.2 Å². The summed E-state index contributed by atoms with van der Waals surface area (Å²) in [6, 6.07) is 8.63. The van der Waals surface area contributed by atoms with Crippen molar-refractivity contribution in [2.24, 2.45) is 5.92 Å². The second kappa shape index (κ2) is 8.60. The lowest BCUT2D eigenvalue weighted by atomic mass is 9.78. The van der Waals surface area contributed by atoms with Gasteiger partial charge >= 0.3 is 0 Å². The van der Waals surface area contributed by atoms with Crippen molar-refractivity contribution in [3.63, 3.8) is 0 Å². The molecule has 3 heteroatoms. The van der Waals surface area contributed by atoms with Gasteiger partial charge in [0.15, 0.2) is 0 Å². The first-order valence-electron chi connectivity index (χ1n) is 10.9. The van der Waals surface area contributed by atoms with E-state index < -0.39 is 0 Å². The number of hydrogen-bond donors (Lipinski definition) is 0. The van der Waals surface area contributed by atoms with E-state index in [0.717, 1.165) is 55.0 Å². The zero-order chi connectivity index (χ0) is 18.6. The van der Waals surface area contributed by atoms with Crippen LogP contribution in [0, 0.1) is 5.92 Å². The third-order valence-electron chi connectivity index (χ3n) is 6.84. The SMILES string of the molecule is C=C(CCC1CCCO1)c1ccc(C(=O)N2CCCC3CCCC[C@@H]32)cc1. The first-order chi connectivity index (χ1) is 13.2. The lowest BCUT2D eigenvalue weighted by Gasteiger charge is -2.44. The smallest absolute Gasteiger partial charge is 0.254 e. The summed E-state index contributed by atoms with van der Waals surface area (Å²) in [5.41, 5.74) is 3.13. The third-order valence-corrected chi connectivity index (χ3v) is 6.84. The Morgan fingerprint density at radius 3 is 2.52 bits per heavy atom. The second-order valence-electron chi connectivity index (χ2n) is 8.61. The van der Waals surface area contributed by atoms with Gasteiger partial charge in [0, 0.05) is 24.8 Å². The number of rotatable bonds is 5. The Bertz CT molecular complexity index is 657. The molecule has 0 aromatic heterocycles. The number of carbonyl (C=O) groups excluding carboxylic acids is 1. The molecule has 3 nitrogen and oxygen atoms in total. The van der Waals surface area contributed by atoms with E-state index in [1.54, 1.807) is 0 Å². The van der Waals surface area contributed by atoms with Gasteiger partial charge in [0.2, 0.25) is 0 Å². The number of carbonyl (C=O) groups is 1. The molecule has 0 spiro atoms. The predicted octanol–water partition coefficient (Wildman–Crippen LogP) is 5.45. The van der Waals surface area contributed by atoms with Crippen LogP contribution in [0.2, 0.25) is 0 Å². The van der Waals surface area contributed by atoms with Crippen molar-refractivity contribution in [3.05, 3.63) is 42.0 Å². The van der Waals surface area contributed by atoms with Crippen molar-refractivity contribution in [1.82, 2.24) is 4.90 Å². The molecule has 1 aliphatic carbocycles. The van der Waals surface area contributed by atoms with Crippen molar-refractivity contribution >= 4 is 11.5 Å². The number of hydrogen-bond acceptors (Lipinski definition) is 2. The second-order valence-corrected chi connectivity index (χ2v) is 8.61. The summed E-state index contributed by atoms with van der Waals surface area (Å²) in [4.78, 5) is 15.3. The molecule has 4 rings (SSSR count). The molecule has 3 atom stereocenters. The predicted molar refractivity (Wildman–Crippen MR) is 110 cm³/mol. The van der Waals surface area contributed by atoms with Crippen LogP contribution in [-0.2, 0) is 4.74 Å². The van der Waals surface area contributed by atoms with Crippen molar-refractivity contribution in [2.45, 2.75) is 76.4 Å². The molecule has 27 heavy (non-hydrogen) atoms. The summed E-state index contributed by atoms with van der Waals surface area (Å²) in [5.74, 6) is 0.955. The maximum Gasteiger partial charge on any atom is 0.254 e. The van der Waals surface area contributed by atoms with Crippen LogP contribution in [0.3, 0.4) is 0 Å². The Labute approximate surface area is 163 Å². The molecule has 0 N–H and O–H groups in total. The highest BCUT2D eigenvalue weighted by atomic mass is 16.5. The first-order valence-corrected chi connectivity index (χ1v) is 10.9. The van der Waals surface area contributed by atoms with Gasteiger partial charge in [-0.1, -0.05) is 31.6 Å². The summed E-state index contributed by atoms with van der Waals surface area (Å²) in [5, 5.41) is 0. The number of piperidine rings is 1. The lowest BCUT2D eigenvalue weighted by Crippen LogP contribution is -2.49. The maximum absolute atomic E-state index is 13.1. The molecule has 0 bridgehead atoms. The van der Waals surface area contributed by atoms with Gasteiger partial charge in [-0.25, -0.2) is 0 Å². The molecule has 3 aliphatic rings. The Hall–Kier alpha value is -1.61. The van der Waals surface area contributed by atoms with Crippen LogP contribution in [0.15, 0.2) is 30.8 Å². The highest BCUT2D eigenvalue weighted by Crippen LogP contribution is 2.36. The molecule has 1 aromatic rings. The summed E-state index contributed by atoms with van der Waals surface area (Å²) in [6.45, 7) is 6.09. The minimum absolute atomic E-state index is 0.225. The van der Waals surface area contributed by atoms with E-state index in [9.17, 15) is 4.79 Å². The van der Waals surface area contributed by atoms with Crippen LogP contribution in [0.1, 0.15) is 80.1 Å². The fourth-order valence-corrected chi connectivity index (χ4v) is 5.24. The molecule has 1 saturated carbocycles. The molecular weight excluding hydrogens is 334 g/mol. The number of allylic oxidation sites excluding steroid dienone is 1. The first kappa shape index (κ1) is 18.7. The maximum atomic E-state index is 13.1. The summed E-state index contributed by atoms with van der Waals surface area (Å²) < 4.78 is 5.71. The lowest BCUT2D eigenvalue weighted by molar-refractivity contribution is 0.0390. The third kappa shape index (κ3) is 4.29. The van der Waals surface area contributed by atoms with Crippen LogP contribution < -0.4 is 0 Å². The van der Waals surface area contributed by atoms with E-state index in [4.69, 9.17) is 4.74 Å². The standard InChI is InChI=1S/C24H33NO2/c1-18(10-15-22-8-5-17-27-22)19-11-13-21(14-12-19)24(26)25-16-4-7-20-6-2-3-9-23(20)25/h11-14,20,22-23H,1-10,15-17H2/t20?,22?,23-/m0/s1. The van der Waals surface area contributed by atoms with Gasteiger partial charge in [-0.05, 0) is 80.6 Å². The van der Waals surface area contributed by atoms with E-state index in [2.05, 4.69) is 23.6 Å². The quantitative estimate of drug-likeness (QED) is 0.692. The fourth-order valence-electron chi connectivity index (χ4n) is 5.24. The number of ether oxygens (including phenoxy) is 1. The highest BCUT2D eigenvalue weighted by Gasteiger charge is 2.35. The number of likely N-dealkylation sites (tertiary alicyclic amines) is 1. The van der Waals surface area contributed by atoms with E-state index in [-0.39, 0.29) is 5.91 Å². The number of benzene rings is 1. The topological polar surface area (TPSA) is 29.5 Å². The largest absolute Gasteiger partial charge is 0.378 e. The molecular formula is C24H33NO2. The Kier molecular flexibility index (Phi) is 5.97. The molecule has 2 heterocycles. The minimum atomic E-state index is 0.225. The highest BCUT2D eigenvalue weighted by molar-refractivity contribution is 5.94. The van der Waals surface area contributed by atoms with Gasteiger partial charge in [0.25, 0.3) is 5.91 Å². The Morgan fingerprint density at radius 2 is 1.74 bits per heavy atom. The summed E-state index contributed by atoms with van der Waals surface area (Å²) in [7, 11) is 0. The number of nitrogens with zero attached hydrogens (tertiary/aromatic N) is 1. The number of amides is 1. The molecule has 1 aromatic carbocycles. The molecule has 1 amide bonds. The molecule has 2 saturated heterocycles. The number of fused-ring (bicyclic) bond motifs is 1. The molecule has 2 aliphatic heterocycles. The zero-order valence-electron chi connectivity index (χ0n) is 16.5. The van der Waals surface area contributed by atoms with Gasteiger partial charge in [0.05, 0.1) is 6.10 Å². The van der Waals surface area contributed by atoms with Gasteiger partial charge < -0.3 is 9.64 Å². The minimum Gasteiger partial charge on any atom is -0.378 e. The van der Waals surface area contributed by atoms with E-state index in [0.29, 0.717) is 12.1 Å². The van der Waals surface area contributed by atoms with Gasteiger partial charge in [-0.15, -0.1) is 0 Å². The molecule has 146 valence electrons. The van der Waals surface area contributed by atoms with Gasteiger partial charge in [0.1, 0.15) is 0 Å². The van der Waals surface area contributed by atoms with Crippen molar-refractivity contribution in [1.29, 1.82) is 0 Å². The average molecular weight is 368 g/mol. The zero-order valence-corrected chi connectivity index (χ0v) is 16.5.